The second kappa shape index (κ2) is 7.60. The second-order valence-corrected chi connectivity index (χ2v) is 5.19. The summed E-state index contributed by atoms with van der Waals surface area (Å²) in [6.07, 6.45) is 3.43. The number of hydrogen-bond donors (Lipinski definition) is 0. The van der Waals surface area contributed by atoms with Crippen molar-refractivity contribution in [1.29, 1.82) is 0 Å². The van der Waals surface area contributed by atoms with E-state index in [1.165, 1.54) is 17.7 Å². The van der Waals surface area contributed by atoms with E-state index in [2.05, 4.69) is 50.1 Å². The van der Waals surface area contributed by atoms with Crippen LogP contribution in [0.2, 0.25) is 0 Å². The fourth-order valence-electron chi connectivity index (χ4n) is 1.86. The van der Waals surface area contributed by atoms with E-state index in [4.69, 9.17) is 11.6 Å². The van der Waals surface area contributed by atoms with E-state index >= 15 is 0 Å². The number of aryl methyl sites for hydroxylation is 1. The summed E-state index contributed by atoms with van der Waals surface area (Å²) in [7, 11) is 2.16. The largest absolute Gasteiger partial charge is 0.375 e. The van der Waals surface area contributed by atoms with Crippen LogP contribution in [0.15, 0.2) is 24.3 Å². The first-order chi connectivity index (χ1) is 8.17. The molecule has 0 amide bonds. The number of anilines is 1. The standard InChI is InChI=1S/C15H24ClN/c1-4-14-5-7-15(8-6-14)17(3)12-10-13(2)9-11-16/h5-8,13H,4,9-12H2,1-3H3. The van der Waals surface area contributed by atoms with Crippen LogP contribution in [0.3, 0.4) is 0 Å². The van der Waals surface area contributed by atoms with Crippen LogP contribution in [0, 0.1) is 5.92 Å². The Morgan fingerprint density at radius 2 is 1.82 bits per heavy atom. The fraction of sp³-hybridized carbons (Fsp3) is 0.600. The van der Waals surface area contributed by atoms with Crippen LogP contribution in [0.4, 0.5) is 5.69 Å². The quantitative estimate of drug-likeness (QED) is 0.654. The summed E-state index contributed by atoms with van der Waals surface area (Å²) in [6.45, 7) is 5.56. The third-order valence-corrected chi connectivity index (χ3v) is 3.56. The lowest BCUT2D eigenvalue weighted by molar-refractivity contribution is 0.520. The summed E-state index contributed by atoms with van der Waals surface area (Å²) in [4.78, 5) is 2.32. The monoisotopic (exact) mass is 253 g/mol. The number of hydrogen-bond acceptors (Lipinski definition) is 1. The highest BCUT2D eigenvalue weighted by molar-refractivity contribution is 6.17. The predicted octanol–water partition coefficient (Wildman–Crippen LogP) is 4.34. The zero-order valence-electron chi connectivity index (χ0n) is 11.2. The van der Waals surface area contributed by atoms with E-state index in [0.29, 0.717) is 5.92 Å². The Bertz CT molecular complexity index is 307. The van der Waals surface area contributed by atoms with Crippen molar-refractivity contribution < 1.29 is 0 Å². The summed E-state index contributed by atoms with van der Waals surface area (Å²) < 4.78 is 0. The molecule has 0 bridgehead atoms. The highest BCUT2D eigenvalue weighted by Crippen LogP contribution is 2.16. The van der Waals surface area contributed by atoms with Crippen molar-refractivity contribution in [3.05, 3.63) is 29.8 Å². The molecule has 1 unspecified atom stereocenters. The zero-order valence-corrected chi connectivity index (χ0v) is 12.0. The molecular weight excluding hydrogens is 230 g/mol. The van der Waals surface area contributed by atoms with Crippen molar-refractivity contribution >= 4 is 17.3 Å². The topological polar surface area (TPSA) is 3.24 Å². The first kappa shape index (κ1) is 14.4. The lowest BCUT2D eigenvalue weighted by Gasteiger charge is -2.21. The van der Waals surface area contributed by atoms with Gasteiger partial charge in [0.05, 0.1) is 0 Å². The Balaban J connectivity index is 2.43. The average molecular weight is 254 g/mol. The second-order valence-electron chi connectivity index (χ2n) is 4.81. The van der Waals surface area contributed by atoms with Gasteiger partial charge < -0.3 is 4.90 Å². The lowest BCUT2D eigenvalue weighted by atomic mass is 10.0. The molecule has 1 aromatic carbocycles. The molecule has 1 rings (SSSR count). The molecule has 0 aliphatic heterocycles. The number of benzene rings is 1. The molecule has 0 aromatic heterocycles. The van der Waals surface area contributed by atoms with E-state index in [9.17, 15) is 0 Å². The first-order valence-electron chi connectivity index (χ1n) is 6.53. The normalized spacial score (nSPS) is 12.5. The van der Waals surface area contributed by atoms with E-state index in [1.807, 2.05) is 0 Å². The number of alkyl halides is 1. The summed E-state index contributed by atoms with van der Waals surface area (Å²) in [5, 5.41) is 0. The van der Waals surface area contributed by atoms with Crippen LogP contribution in [-0.2, 0) is 6.42 Å². The van der Waals surface area contributed by atoms with Gasteiger partial charge in [-0.05, 0) is 42.9 Å². The summed E-state index contributed by atoms with van der Waals surface area (Å²) in [5.74, 6) is 1.49. The van der Waals surface area contributed by atoms with Crippen molar-refractivity contribution in [3.8, 4) is 0 Å². The Kier molecular flexibility index (Phi) is 6.43. The molecule has 17 heavy (non-hydrogen) atoms. The van der Waals surface area contributed by atoms with Crippen molar-refractivity contribution in [3.63, 3.8) is 0 Å². The van der Waals surface area contributed by atoms with Crippen molar-refractivity contribution in [2.45, 2.75) is 33.1 Å². The van der Waals surface area contributed by atoms with E-state index < -0.39 is 0 Å². The SMILES string of the molecule is CCc1ccc(N(C)CCC(C)CCCl)cc1. The van der Waals surface area contributed by atoms with Crippen molar-refractivity contribution in [2.75, 3.05) is 24.4 Å². The van der Waals surface area contributed by atoms with E-state index in [-0.39, 0.29) is 0 Å². The molecule has 0 heterocycles. The smallest absolute Gasteiger partial charge is 0.0363 e. The molecule has 0 fully saturated rings. The maximum absolute atomic E-state index is 5.75. The predicted molar refractivity (Wildman–Crippen MR) is 78.2 cm³/mol. The fourth-order valence-corrected chi connectivity index (χ4v) is 2.23. The van der Waals surface area contributed by atoms with Gasteiger partial charge in [-0.15, -0.1) is 11.6 Å². The Morgan fingerprint density at radius 3 is 2.35 bits per heavy atom. The van der Waals surface area contributed by atoms with Gasteiger partial charge in [0.2, 0.25) is 0 Å². The minimum absolute atomic E-state index is 0.713. The number of halogens is 1. The molecule has 0 aliphatic rings. The van der Waals surface area contributed by atoms with Crippen molar-refractivity contribution in [2.24, 2.45) is 5.92 Å². The molecule has 0 saturated carbocycles. The highest BCUT2D eigenvalue weighted by Gasteiger charge is 2.05. The van der Waals surface area contributed by atoms with Crippen LogP contribution < -0.4 is 4.90 Å². The summed E-state index contributed by atoms with van der Waals surface area (Å²) in [5.41, 5.74) is 2.71. The van der Waals surface area contributed by atoms with Crippen LogP contribution in [0.1, 0.15) is 32.3 Å². The van der Waals surface area contributed by atoms with Crippen LogP contribution in [-0.4, -0.2) is 19.5 Å². The van der Waals surface area contributed by atoms with Gasteiger partial charge in [0.15, 0.2) is 0 Å². The average Bonchev–Trinajstić information content (AvgIpc) is 2.36. The molecule has 1 aromatic rings. The molecule has 0 saturated heterocycles. The van der Waals surface area contributed by atoms with Crippen LogP contribution in [0.25, 0.3) is 0 Å². The van der Waals surface area contributed by atoms with E-state index in [1.54, 1.807) is 0 Å². The van der Waals surface area contributed by atoms with Crippen LogP contribution in [0.5, 0.6) is 0 Å². The van der Waals surface area contributed by atoms with Crippen molar-refractivity contribution in [1.82, 2.24) is 0 Å². The lowest BCUT2D eigenvalue weighted by Crippen LogP contribution is -2.20. The molecular formula is C15H24ClN. The molecule has 0 N–H and O–H groups in total. The van der Waals surface area contributed by atoms with E-state index in [0.717, 1.165) is 25.3 Å². The molecule has 96 valence electrons. The molecule has 2 heteroatoms. The molecule has 1 nitrogen and oxygen atoms in total. The minimum atomic E-state index is 0.713. The molecule has 0 spiro atoms. The Labute approximate surface area is 111 Å². The zero-order chi connectivity index (χ0) is 12.7. The van der Waals surface area contributed by atoms with Gasteiger partial charge in [-0.2, -0.15) is 0 Å². The molecule has 0 aliphatic carbocycles. The summed E-state index contributed by atoms with van der Waals surface area (Å²) in [6, 6.07) is 8.86. The number of nitrogens with zero attached hydrogens (tertiary/aromatic N) is 1. The molecule has 0 radical (unpaired) electrons. The van der Waals surface area contributed by atoms with Gasteiger partial charge in [-0.3, -0.25) is 0 Å². The number of rotatable bonds is 7. The third kappa shape index (κ3) is 4.99. The summed E-state index contributed by atoms with van der Waals surface area (Å²) >= 11 is 5.75. The van der Waals surface area contributed by atoms with Gasteiger partial charge in [-0.1, -0.05) is 26.0 Å². The van der Waals surface area contributed by atoms with Crippen LogP contribution >= 0.6 is 11.6 Å². The first-order valence-corrected chi connectivity index (χ1v) is 7.06. The van der Waals surface area contributed by atoms with Gasteiger partial charge in [-0.25, -0.2) is 0 Å². The maximum atomic E-state index is 5.75. The van der Waals surface area contributed by atoms with Gasteiger partial charge >= 0.3 is 0 Å². The minimum Gasteiger partial charge on any atom is -0.375 e. The highest BCUT2D eigenvalue weighted by atomic mass is 35.5. The Morgan fingerprint density at radius 1 is 1.18 bits per heavy atom. The maximum Gasteiger partial charge on any atom is 0.0363 e. The van der Waals surface area contributed by atoms with Gasteiger partial charge in [0, 0.05) is 25.2 Å². The third-order valence-electron chi connectivity index (χ3n) is 3.34. The molecule has 1 atom stereocenters. The Hall–Kier alpha value is -0.690. The van der Waals surface area contributed by atoms with Gasteiger partial charge in [0.1, 0.15) is 0 Å². The van der Waals surface area contributed by atoms with Gasteiger partial charge in [0.25, 0.3) is 0 Å².